The molecule has 144 valence electrons. The third kappa shape index (κ3) is 5.30. The number of hydrogen-bond donors (Lipinski definition) is 1. The van der Waals surface area contributed by atoms with Crippen LogP contribution in [0.25, 0.3) is 0 Å². The van der Waals surface area contributed by atoms with E-state index in [4.69, 9.17) is 8.92 Å². The second-order valence-corrected chi connectivity index (χ2v) is 8.79. The first-order chi connectivity index (χ1) is 12.0. The van der Waals surface area contributed by atoms with Crippen molar-refractivity contribution >= 4 is 16.2 Å². The summed E-state index contributed by atoms with van der Waals surface area (Å²) in [5.74, 6) is 0. The van der Waals surface area contributed by atoms with Crippen LogP contribution in [0.1, 0.15) is 26.3 Å². The number of amides is 1. The standard InChI is InChI=1S/C18H25NO6S/c1-13-7-9-14(10-8-13)26(22,23)24-12-16(20)15-6-5-11-19(15)17(21)25-18(2,3)4/h5-10,15-16,20H,11-12H2,1-4H3/t15-,16+/m0/s1. The zero-order valence-electron chi connectivity index (χ0n) is 15.4. The Bertz CT molecular complexity index is 764. The van der Waals surface area contributed by atoms with E-state index in [2.05, 4.69) is 0 Å². The fourth-order valence-electron chi connectivity index (χ4n) is 2.42. The SMILES string of the molecule is Cc1ccc(S(=O)(=O)OC[C@@H](O)[C@@H]2C=CCN2C(=O)OC(C)(C)C)cc1. The highest BCUT2D eigenvalue weighted by Crippen LogP contribution is 2.20. The Morgan fingerprint density at radius 3 is 2.50 bits per heavy atom. The van der Waals surface area contributed by atoms with Gasteiger partial charge in [0, 0.05) is 6.54 Å². The van der Waals surface area contributed by atoms with Crippen LogP contribution in [0.3, 0.4) is 0 Å². The van der Waals surface area contributed by atoms with E-state index < -0.39 is 40.6 Å². The number of rotatable bonds is 5. The summed E-state index contributed by atoms with van der Waals surface area (Å²) in [6, 6.07) is 5.50. The van der Waals surface area contributed by atoms with Gasteiger partial charge in [0.15, 0.2) is 0 Å². The number of ether oxygens (including phenoxy) is 1. The van der Waals surface area contributed by atoms with Crippen molar-refractivity contribution in [1.82, 2.24) is 4.90 Å². The van der Waals surface area contributed by atoms with Crippen molar-refractivity contribution in [3.63, 3.8) is 0 Å². The van der Waals surface area contributed by atoms with Crippen molar-refractivity contribution in [3.05, 3.63) is 42.0 Å². The summed E-state index contributed by atoms with van der Waals surface area (Å²) in [4.78, 5) is 13.6. The highest BCUT2D eigenvalue weighted by molar-refractivity contribution is 7.86. The van der Waals surface area contributed by atoms with Crippen LogP contribution in [-0.4, -0.2) is 55.4 Å². The molecule has 0 radical (unpaired) electrons. The molecular weight excluding hydrogens is 358 g/mol. The quantitative estimate of drug-likeness (QED) is 0.619. The van der Waals surface area contributed by atoms with Gasteiger partial charge in [-0.1, -0.05) is 29.8 Å². The van der Waals surface area contributed by atoms with Crippen LogP contribution in [0.5, 0.6) is 0 Å². The van der Waals surface area contributed by atoms with E-state index in [1.165, 1.54) is 17.0 Å². The molecule has 7 nitrogen and oxygen atoms in total. The van der Waals surface area contributed by atoms with Gasteiger partial charge in [0.25, 0.3) is 10.1 Å². The van der Waals surface area contributed by atoms with Crippen LogP contribution in [-0.2, 0) is 19.0 Å². The summed E-state index contributed by atoms with van der Waals surface area (Å²) in [7, 11) is -3.99. The minimum atomic E-state index is -3.99. The molecule has 8 heteroatoms. The maximum Gasteiger partial charge on any atom is 0.411 e. The molecule has 0 saturated heterocycles. The molecule has 2 rings (SSSR count). The number of aryl methyl sites for hydroxylation is 1. The van der Waals surface area contributed by atoms with E-state index in [9.17, 15) is 18.3 Å². The summed E-state index contributed by atoms with van der Waals surface area (Å²) in [6.07, 6.45) is 1.57. The molecule has 0 unspecified atom stereocenters. The normalized spacial score (nSPS) is 18.8. The van der Waals surface area contributed by atoms with Gasteiger partial charge in [-0.05, 0) is 39.8 Å². The Morgan fingerprint density at radius 2 is 1.92 bits per heavy atom. The van der Waals surface area contributed by atoms with Gasteiger partial charge < -0.3 is 9.84 Å². The third-order valence-corrected chi connectivity index (χ3v) is 5.02. The monoisotopic (exact) mass is 383 g/mol. The molecule has 1 heterocycles. The molecule has 0 saturated carbocycles. The molecule has 0 aliphatic carbocycles. The van der Waals surface area contributed by atoms with Crippen LogP contribution in [0.15, 0.2) is 41.3 Å². The van der Waals surface area contributed by atoms with Crippen LogP contribution in [0.4, 0.5) is 4.79 Å². The van der Waals surface area contributed by atoms with Gasteiger partial charge in [-0.25, -0.2) is 4.79 Å². The topological polar surface area (TPSA) is 93.1 Å². The average Bonchev–Trinajstić information content (AvgIpc) is 3.01. The molecule has 26 heavy (non-hydrogen) atoms. The molecular formula is C18H25NO6S. The number of carbonyl (C=O) groups is 1. The van der Waals surface area contributed by atoms with Gasteiger partial charge in [0.05, 0.1) is 17.5 Å². The van der Waals surface area contributed by atoms with E-state index >= 15 is 0 Å². The van der Waals surface area contributed by atoms with E-state index in [0.29, 0.717) is 0 Å². The van der Waals surface area contributed by atoms with Crippen molar-refractivity contribution in [2.45, 2.75) is 50.3 Å². The highest BCUT2D eigenvalue weighted by atomic mass is 32.2. The Labute approximate surface area is 154 Å². The maximum absolute atomic E-state index is 12.2. The zero-order chi connectivity index (χ0) is 19.5. The fourth-order valence-corrected chi connectivity index (χ4v) is 3.35. The predicted octanol–water partition coefficient (Wildman–Crippen LogP) is 2.24. The van der Waals surface area contributed by atoms with E-state index in [0.717, 1.165) is 5.56 Å². The van der Waals surface area contributed by atoms with Crippen molar-refractivity contribution in [2.75, 3.05) is 13.2 Å². The summed E-state index contributed by atoms with van der Waals surface area (Å²) < 4.78 is 34.7. The molecule has 1 aromatic carbocycles. The minimum absolute atomic E-state index is 0.0151. The first-order valence-electron chi connectivity index (χ1n) is 8.30. The summed E-state index contributed by atoms with van der Waals surface area (Å²) in [5, 5.41) is 10.3. The Hall–Kier alpha value is -1.90. The number of hydrogen-bond acceptors (Lipinski definition) is 6. The van der Waals surface area contributed by atoms with Gasteiger partial charge in [0.2, 0.25) is 0 Å². The van der Waals surface area contributed by atoms with Crippen molar-refractivity contribution in [1.29, 1.82) is 0 Å². The molecule has 1 aromatic rings. The molecule has 0 fully saturated rings. The van der Waals surface area contributed by atoms with Gasteiger partial charge in [-0.3, -0.25) is 9.08 Å². The smallest absolute Gasteiger partial charge is 0.411 e. The number of carbonyl (C=O) groups excluding carboxylic acids is 1. The van der Waals surface area contributed by atoms with Gasteiger partial charge in [-0.2, -0.15) is 8.42 Å². The van der Waals surface area contributed by atoms with Gasteiger partial charge in [-0.15, -0.1) is 0 Å². The van der Waals surface area contributed by atoms with Crippen LogP contribution in [0.2, 0.25) is 0 Å². The first-order valence-corrected chi connectivity index (χ1v) is 9.71. The fraction of sp³-hybridized carbons (Fsp3) is 0.500. The first kappa shape index (κ1) is 20.4. The zero-order valence-corrected chi connectivity index (χ0v) is 16.2. The maximum atomic E-state index is 12.2. The predicted molar refractivity (Wildman–Crippen MR) is 96.2 cm³/mol. The molecule has 1 aliphatic rings. The number of aliphatic hydroxyl groups is 1. The number of aliphatic hydroxyl groups excluding tert-OH is 1. The summed E-state index contributed by atoms with van der Waals surface area (Å²) in [5.41, 5.74) is 0.258. The Balaban J connectivity index is 2.00. The lowest BCUT2D eigenvalue weighted by Crippen LogP contribution is -2.47. The molecule has 0 spiro atoms. The number of benzene rings is 1. The number of nitrogens with zero attached hydrogens (tertiary/aromatic N) is 1. The van der Waals surface area contributed by atoms with E-state index in [-0.39, 0.29) is 11.4 Å². The van der Waals surface area contributed by atoms with Crippen molar-refractivity contribution in [2.24, 2.45) is 0 Å². The molecule has 2 atom stereocenters. The van der Waals surface area contributed by atoms with Crippen molar-refractivity contribution in [3.8, 4) is 0 Å². The van der Waals surface area contributed by atoms with Crippen LogP contribution >= 0.6 is 0 Å². The second kappa shape index (κ2) is 7.77. The highest BCUT2D eigenvalue weighted by Gasteiger charge is 2.34. The summed E-state index contributed by atoms with van der Waals surface area (Å²) in [6.45, 7) is 6.90. The Morgan fingerprint density at radius 1 is 1.31 bits per heavy atom. The average molecular weight is 383 g/mol. The molecule has 1 amide bonds. The minimum Gasteiger partial charge on any atom is -0.444 e. The molecule has 1 N–H and O–H groups in total. The van der Waals surface area contributed by atoms with E-state index in [1.54, 1.807) is 45.1 Å². The lowest BCUT2D eigenvalue weighted by molar-refractivity contribution is 0.00231. The van der Waals surface area contributed by atoms with E-state index in [1.807, 2.05) is 6.92 Å². The largest absolute Gasteiger partial charge is 0.444 e. The Kier molecular flexibility index (Phi) is 6.10. The van der Waals surface area contributed by atoms with Gasteiger partial charge >= 0.3 is 6.09 Å². The molecule has 0 bridgehead atoms. The van der Waals surface area contributed by atoms with Crippen LogP contribution < -0.4 is 0 Å². The van der Waals surface area contributed by atoms with Crippen molar-refractivity contribution < 1.29 is 27.2 Å². The molecule has 1 aliphatic heterocycles. The van der Waals surface area contributed by atoms with Gasteiger partial charge in [0.1, 0.15) is 11.7 Å². The summed E-state index contributed by atoms with van der Waals surface area (Å²) >= 11 is 0. The molecule has 0 aromatic heterocycles. The third-order valence-electron chi connectivity index (χ3n) is 3.72. The second-order valence-electron chi connectivity index (χ2n) is 7.17. The van der Waals surface area contributed by atoms with Crippen LogP contribution in [0, 0.1) is 6.92 Å². The lowest BCUT2D eigenvalue weighted by atomic mass is 10.1. The lowest BCUT2D eigenvalue weighted by Gasteiger charge is -2.30.